The summed E-state index contributed by atoms with van der Waals surface area (Å²) in [6.45, 7) is 7.16. The minimum Gasteiger partial charge on any atom is -0.361 e. The molecule has 2 fully saturated rings. The number of fused-ring (bicyclic) bond motifs is 3. The number of carbonyl (C=O) groups excluding carboxylic acids is 1. The number of carbonyl (C=O) groups is 1. The predicted molar refractivity (Wildman–Crippen MR) is 97.8 cm³/mol. The number of hydrogen-bond donors (Lipinski definition) is 2. The number of nitrogens with one attached hydrogen (secondary N) is 2. The Hall–Kier alpha value is -1.77. The van der Waals surface area contributed by atoms with Crippen molar-refractivity contribution in [2.75, 3.05) is 0 Å². The highest BCUT2D eigenvalue weighted by atomic mass is 16.1. The maximum atomic E-state index is 12.5. The molecule has 2 saturated carbocycles. The molecule has 24 heavy (non-hydrogen) atoms. The molecule has 2 aliphatic carbocycles. The van der Waals surface area contributed by atoms with Gasteiger partial charge in [-0.3, -0.25) is 4.79 Å². The molecule has 0 radical (unpaired) electrons. The third kappa shape index (κ3) is 2.21. The standard InChI is InChI=1S/C21H28N2O/c1-20(2)15-10-11-21(20,3)18(12-15)23-19(24)9-8-14-13-22-17-7-5-4-6-16(14)17/h4-7,13,15,18,22H,8-12H2,1-3H3,(H,23,24)/t15-,18-,21+/m0/s1. The number of aromatic amines is 1. The van der Waals surface area contributed by atoms with Crippen molar-refractivity contribution in [2.24, 2.45) is 16.7 Å². The van der Waals surface area contributed by atoms with Gasteiger partial charge in [0.05, 0.1) is 0 Å². The first-order valence-corrected chi connectivity index (χ1v) is 9.26. The van der Waals surface area contributed by atoms with Gasteiger partial charge in [-0.1, -0.05) is 39.0 Å². The molecule has 1 aromatic carbocycles. The van der Waals surface area contributed by atoms with E-state index in [1.165, 1.54) is 23.8 Å². The highest BCUT2D eigenvalue weighted by Crippen LogP contribution is 2.65. The lowest BCUT2D eigenvalue weighted by molar-refractivity contribution is -0.122. The summed E-state index contributed by atoms with van der Waals surface area (Å²) in [6, 6.07) is 8.64. The van der Waals surface area contributed by atoms with E-state index in [9.17, 15) is 4.79 Å². The second-order valence-corrected chi connectivity index (χ2v) is 8.59. The molecular weight excluding hydrogens is 296 g/mol. The van der Waals surface area contributed by atoms with Crippen molar-refractivity contribution in [3.05, 3.63) is 36.0 Å². The van der Waals surface area contributed by atoms with Gasteiger partial charge in [0.25, 0.3) is 0 Å². The largest absolute Gasteiger partial charge is 0.361 e. The molecule has 3 nitrogen and oxygen atoms in total. The lowest BCUT2D eigenvalue weighted by Crippen LogP contribution is -2.46. The fourth-order valence-corrected chi connectivity index (χ4v) is 5.28. The Balaban J connectivity index is 1.40. The van der Waals surface area contributed by atoms with Crippen molar-refractivity contribution < 1.29 is 4.79 Å². The Morgan fingerprint density at radius 2 is 2.08 bits per heavy atom. The molecule has 2 aromatic rings. The lowest BCUT2D eigenvalue weighted by atomic mass is 9.69. The van der Waals surface area contributed by atoms with Crippen LogP contribution in [0.15, 0.2) is 30.5 Å². The number of hydrogen-bond acceptors (Lipinski definition) is 1. The average molecular weight is 324 g/mol. The third-order valence-corrected chi connectivity index (χ3v) is 7.43. The Morgan fingerprint density at radius 1 is 1.29 bits per heavy atom. The smallest absolute Gasteiger partial charge is 0.220 e. The van der Waals surface area contributed by atoms with E-state index in [1.807, 2.05) is 12.3 Å². The first-order valence-electron chi connectivity index (χ1n) is 9.26. The molecule has 3 atom stereocenters. The van der Waals surface area contributed by atoms with E-state index in [4.69, 9.17) is 0 Å². The summed E-state index contributed by atoms with van der Waals surface area (Å²) in [7, 11) is 0. The Kier molecular flexibility index (Phi) is 3.52. The Morgan fingerprint density at radius 3 is 2.79 bits per heavy atom. The molecule has 0 spiro atoms. The van der Waals surface area contributed by atoms with Crippen molar-refractivity contribution in [1.82, 2.24) is 10.3 Å². The van der Waals surface area contributed by atoms with Crippen molar-refractivity contribution in [1.29, 1.82) is 0 Å². The molecule has 3 heteroatoms. The topological polar surface area (TPSA) is 44.9 Å². The summed E-state index contributed by atoms with van der Waals surface area (Å²) in [4.78, 5) is 15.8. The van der Waals surface area contributed by atoms with Crippen LogP contribution in [0.3, 0.4) is 0 Å². The molecule has 1 heterocycles. The number of aromatic nitrogens is 1. The number of amides is 1. The summed E-state index contributed by atoms with van der Waals surface area (Å²) >= 11 is 0. The fourth-order valence-electron chi connectivity index (χ4n) is 5.28. The second-order valence-electron chi connectivity index (χ2n) is 8.59. The summed E-state index contributed by atoms with van der Waals surface area (Å²) in [5.41, 5.74) is 2.99. The highest BCUT2D eigenvalue weighted by molar-refractivity contribution is 5.84. The monoisotopic (exact) mass is 324 g/mol. The van der Waals surface area contributed by atoms with Crippen LogP contribution in [0, 0.1) is 16.7 Å². The molecule has 2 bridgehead atoms. The van der Waals surface area contributed by atoms with E-state index in [0.717, 1.165) is 24.3 Å². The zero-order chi connectivity index (χ0) is 16.9. The second kappa shape index (κ2) is 5.37. The zero-order valence-corrected chi connectivity index (χ0v) is 15.0. The first kappa shape index (κ1) is 15.7. The van der Waals surface area contributed by atoms with Gasteiger partial charge in [0.2, 0.25) is 5.91 Å². The molecule has 0 saturated heterocycles. The molecule has 0 aliphatic heterocycles. The van der Waals surface area contributed by atoms with Gasteiger partial charge < -0.3 is 10.3 Å². The van der Waals surface area contributed by atoms with Crippen LogP contribution in [0.1, 0.15) is 52.0 Å². The molecule has 0 unspecified atom stereocenters. The number of aryl methyl sites for hydroxylation is 1. The van der Waals surface area contributed by atoms with Gasteiger partial charge in [-0.25, -0.2) is 0 Å². The van der Waals surface area contributed by atoms with E-state index < -0.39 is 0 Å². The summed E-state index contributed by atoms with van der Waals surface area (Å²) in [5, 5.41) is 4.60. The Labute approximate surface area is 144 Å². The van der Waals surface area contributed by atoms with Gasteiger partial charge >= 0.3 is 0 Å². The summed E-state index contributed by atoms with van der Waals surface area (Å²) < 4.78 is 0. The molecule has 2 aliphatic rings. The normalized spacial score (nSPS) is 30.8. The van der Waals surface area contributed by atoms with Crippen LogP contribution in [0.2, 0.25) is 0 Å². The highest BCUT2D eigenvalue weighted by Gasteiger charge is 2.61. The van der Waals surface area contributed by atoms with Crippen LogP contribution in [0.4, 0.5) is 0 Å². The van der Waals surface area contributed by atoms with Crippen molar-refractivity contribution in [3.8, 4) is 0 Å². The molecule has 1 amide bonds. The molecule has 1 aromatic heterocycles. The molecular formula is C21H28N2O. The number of para-hydroxylation sites is 1. The van der Waals surface area contributed by atoms with E-state index in [0.29, 0.717) is 17.9 Å². The van der Waals surface area contributed by atoms with Gasteiger partial charge in [-0.05, 0) is 54.1 Å². The maximum Gasteiger partial charge on any atom is 0.220 e. The van der Waals surface area contributed by atoms with E-state index in [2.05, 4.69) is 49.3 Å². The number of H-pyrrole nitrogens is 1. The average Bonchev–Trinajstić information content (AvgIpc) is 3.12. The minimum atomic E-state index is 0.204. The van der Waals surface area contributed by atoms with Crippen LogP contribution < -0.4 is 5.32 Å². The predicted octanol–water partition coefficient (Wildman–Crippen LogP) is 4.43. The Bertz CT molecular complexity index is 775. The quantitative estimate of drug-likeness (QED) is 0.858. The first-order chi connectivity index (χ1) is 11.4. The van der Waals surface area contributed by atoms with Crippen LogP contribution in [-0.2, 0) is 11.2 Å². The van der Waals surface area contributed by atoms with Crippen molar-refractivity contribution in [3.63, 3.8) is 0 Å². The van der Waals surface area contributed by atoms with Gasteiger partial charge in [0, 0.05) is 29.6 Å². The van der Waals surface area contributed by atoms with Crippen LogP contribution in [0.25, 0.3) is 10.9 Å². The molecule has 2 N–H and O–H groups in total. The number of benzene rings is 1. The van der Waals surface area contributed by atoms with Crippen molar-refractivity contribution in [2.45, 2.75) is 58.9 Å². The zero-order valence-electron chi connectivity index (χ0n) is 15.0. The van der Waals surface area contributed by atoms with Gasteiger partial charge in [0.15, 0.2) is 0 Å². The van der Waals surface area contributed by atoms with Crippen molar-refractivity contribution >= 4 is 16.8 Å². The van der Waals surface area contributed by atoms with Crippen LogP contribution in [0.5, 0.6) is 0 Å². The molecule has 128 valence electrons. The lowest BCUT2D eigenvalue weighted by Gasteiger charge is -2.39. The van der Waals surface area contributed by atoms with Gasteiger partial charge in [0.1, 0.15) is 0 Å². The third-order valence-electron chi connectivity index (χ3n) is 7.43. The fraction of sp³-hybridized carbons (Fsp3) is 0.571. The summed E-state index contributed by atoms with van der Waals surface area (Å²) in [5.74, 6) is 0.969. The SMILES string of the molecule is CC1(C)[C@H]2CC[C@]1(C)[C@@H](NC(=O)CCc1c[nH]c3ccccc13)C2. The summed E-state index contributed by atoms with van der Waals surface area (Å²) in [6.07, 6.45) is 7.14. The van der Waals surface area contributed by atoms with Crippen LogP contribution in [-0.4, -0.2) is 16.9 Å². The maximum absolute atomic E-state index is 12.5. The van der Waals surface area contributed by atoms with Gasteiger partial charge in [-0.2, -0.15) is 0 Å². The molecule has 4 rings (SSSR count). The van der Waals surface area contributed by atoms with E-state index in [-0.39, 0.29) is 11.3 Å². The number of rotatable bonds is 4. The van der Waals surface area contributed by atoms with E-state index in [1.54, 1.807) is 0 Å². The van der Waals surface area contributed by atoms with E-state index >= 15 is 0 Å². The van der Waals surface area contributed by atoms with Crippen LogP contribution >= 0.6 is 0 Å². The van der Waals surface area contributed by atoms with Gasteiger partial charge in [-0.15, -0.1) is 0 Å². The minimum absolute atomic E-state index is 0.204.